The number of halogens is 1. The first kappa shape index (κ1) is 16.5. The third-order valence-electron chi connectivity index (χ3n) is 4.10. The van der Waals surface area contributed by atoms with Crippen molar-refractivity contribution in [3.05, 3.63) is 29.6 Å². The molecule has 0 aliphatic carbocycles. The molecule has 122 valence electrons. The van der Waals surface area contributed by atoms with Crippen LogP contribution in [0.3, 0.4) is 0 Å². The van der Waals surface area contributed by atoms with Gasteiger partial charge in [-0.05, 0) is 37.5 Å². The minimum absolute atomic E-state index is 0.114. The monoisotopic (exact) mass is 310 g/mol. The molecule has 0 saturated carbocycles. The first-order valence-corrected chi connectivity index (χ1v) is 7.54. The summed E-state index contributed by atoms with van der Waals surface area (Å²) < 4.78 is 18.2. The first-order chi connectivity index (χ1) is 10.5. The summed E-state index contributed by atoms with van der Waals surface area (Å²) >= 11 is 0. The number of carbonyl (C=O) groups excluding carboxylic acids is 1. The number of nitrogens with zero attached hydrogens (tertiary/aromatic N) is 1. The van der Waals surface area contributed by atoms with E-state index < -0.39 is 5.82 Å². The maximum Gasteiger partial charge on any atom is 0.317 e. The number of ether oxygens (including phenoxy) is 1. The number of nitrogens with one attached hydrogen (secondary N) is 1. The summed E-state index contributed by atoms with van der Waals surface area (Å²) in [5.74, 6) is -0.0215. The Morgan fingerprint density at radius 1 is 1.59 bits per heavy atom. The Morgan fingerprint density at radius 3 is 3.00 bits per heavy atom. The van der Waals surface area contributed by atoms with Crippen LogP contribution in [0.5, 0.6) is 5.75 Å². The molecule has 6 heteroatoms. The van der Waals surface area contributed by atoms with E-state index in [0.717, 1.165) is 12.0 Å². The number of aliphatic hydroxyl groups is 1. The van der Waals surface area contributed by atoms with Crippen LogP contribution in [0.15, 0.2) is 18.2 Å². The van der Waals surface area contributed by atoms with Gasteiger partial charge in [0.15, 0.2) is 11.6 Å². The molecule has 0 aromatic heterocycles. The Bertz CT molecular complexity index is 522. The van der Waals surface area contributed by atoms with Crippen LogP contribution in [-0.2, 0) is 6.42 Å². The van der Waals surface area contributed by atoms with Crippen molar-refractivity contribution in [3.8, 4) is 5.75 Å². The fourth-order valence-corrected chi connectivity index (χ4v) is 2.65. The summed E-state index contributed by atoms with van der Waals surface area (Å²) in [5, 5.41) is 12.4. The second-order valence-electron chi connectivity index (χ2n) is 5.69. The van der Waals surface area contributed by atoms with Gasteiger partial charge >= 0.3 is 6.03 Å². The predicted octanol–water partition coefficient (Wildman–Crippen LogP) is 1.79. The van der Waals surface area contributed by atoms with Crippen LogP contribution in [0.1, 0.15) is 18.9 Å². The molecule has 0 unspecified atom stereocenters. The van der Waals surface area contributed by atoms with E-state index in [-0.39, 0.29) is 23.8 Å². The van der Waals surface area contributed by atoms with Crippen LogP contribution in [0.4, 0.5) is 9.18 Å². The summed E-state index contributed by atoms with van der Waals surface area (Å²) in [6.07, 6.45) is 1.06. The van der Waals surface area contributed by atoms with Crippen molar-refractivity contribution in [2.75, 3.05) is 26.7 Å². The fourth-order valence-electron chi connectivity index (χ4n) is 2.65. The topological polar surface area (TPSA) is 61.8 Å². The van der Waals surface area contributed by atoms with E-state index in [9.17, 15) is 14.3 Å². The zero-order chi connectivity index (χ0) is 16.1. The first-order valence-electron chi connectivity index (χ1n) is 7.54. The molecule has 2 amide bonds. The molecule has 2 atom stereocenters. The lowest BCUT2D eigenvalue weighted by molar-refractivity contribution is 0.129. The van der Waals surface area contributed by atoms with Crippen LogP contribution >= 0.6 is 0 Å². The molecule has 2 rings (SSSR count). The van der Waals surface area contributed by atoms with E-state index in [1.54, 1.807) is 24.0 Å². The highest BCUT2D eigenvalue weighted by atomic mass is 19.1. The van der Waals surface area contributed by atoms with Gasteiger partial charge in [-0.2, -0.15) is 0 Å². The van der Waals surface area contributed by atoms with Gasteiger partial charge in [0.25, 0.3) is 0 Å². The zero-order valence-electron chi connectivity index (χ0n) is 13.0. The lowest BCUT2D eigenvalue weighted by Crippen LogP contribution is -2.39. The number of likely N-dealkylation sites (tertiary alicyclic amines) is 1. The lowest BCUT2D eigenvalue weighted by Gasteiger charge is -2.18. The van der Waals surface area contributed by atoms with Gasteiger partial charge in [-0.3, -0.25) is 0 Å². The van der Waals surface area contributed by atoms with E-state index in [1.165, 1.54) is 13.2 Å². The van der Waals surface area contributed by atoms with E-state index in [1.807, 2.05) is 0 Å². The van der Waals surface area contributed by atoms with Crippen molar-refractivity contribution < 1.29 is 19.0 Å². The van der Waals surface area contributed by atoms with Crippen LogP contribution in [-0.4, -0.2) is 48.9 Å². The maximum absolute atomic E-state index is 13.3. The molecule has 1 aromatic rings. The smallest absolute Gasteiger partial charge is 0.317 e. The third kappa shape index (κ3) is 4.10. The Morgan fingerprint density at radius 2 is 2.36 bits per heavy atom. The Kier molecular flexibility index (Phi) is 5.60. The van der Waals surface area contributed by atoms with Gasteiger partial charge in [-0.1, -0.05) is 6.07 Å². The summed E-state index contributed by atoms with van der Waals surface area (Å²) in [5.41, 5.74) is 0.904. The number of aliphatic hydroxyl groups excluding tert-OH is 1. The molecule has 1 aromatic carbocycles. The largest absolute Gasteiger partial charge is 0.494 e. The molecular formula is C16H23FN2O3. The van der Waals surface area contributed by atoms with Gasteiger partial charge in [-0.25, -0.2) is 9.18 Å². The van der Waals surface area contributed by atoms with Crippen LogP contribution in [0, 0.1) is 11.7 Å². The van der Waals surface area contributed by atoms with Gasteiger partial charge in [0.1, 0.15) is 0 Å². The fraction of sp³-hybridized carbons (Fsp3) is 0.562. The Balaban J connectivity index is 1.78. The third-order valence-corrected chi connectivity index (χ3v) is 4.10. The molecular weight excluding hydrogens is 287 g/mol. The molecule has 1 aliphatic rings. The molecule has 0 bridgehead atoms. The standard InChI is InChI=1S/C16H23FN2O3/c1-11(20)13-6-8-19(10-13)16(21)18-7-5-12-3-4-14(17)15(9-12)22-2/h3-4,9,11,13,20H,5-8,10H2,1-2H3,(H,18,21)/t11-,13-/m1/s1. The van der Waals surface area contributed by atoms with Gasteiger partial charge in [0.05, 0.1) is 13.2 Å². The number of urea groups is 1. The van der Waals surface area contributed by atoms with Crippen LogP contribution in [0.2, 0.25) is 0 Å². The minimum Gasteiger partial charge on any atom is -0.494 e. The molecule has 1 saturated heterocycles. The highest BCUT2D eigenvalue weighted by Crippen LogP contribution is 2.20. The molecule has 5 nitrogen and oxygen atoms in total. The highest BCUT2D eigenvalue weighted by Gasteiger charge is 2.28. The second kappa shape index (κ2) is 7.45. The molecule has 0 spiro atoms. The molecule has 1 aliphatic heterocycles. The van der Waals surface area contributed by atoms with Gasteiger partial charge in [0.2, 0.25) is 0 Å². The average Bonchev–Trinajstić information content (AvgIpc) is 2.99. The van der Waals surface area contributed by atoms with Crippen molar-refractivity contribution in [1.29, 1.82) is 0 Å². The number of rotatable bonds is 5. The van der Waals surface area contributed by atoms with E-state index in [4.69, 9.17) is 4.74 Å². The molecule has 2 N–H and O–H groups in total. The SMILES string of the molecule is COc1cc(CCNC(=O)N2CC[C@@H]([C@@H](C)O)C2)ccc1F. The zero-order valence-corrected chi connectivity index (χ0v) is 13.0. The van der Waals surface area contributed by atoms with Crippen molar-refractivity contribution in [2.24, 2.45) is 5.92 Å². The van der Waals surface area contributed by atoms with Crippen LogP contribution < -0.4 is 10.1 Å². The summed E-state index contributed by atoms with van der Waals surface area (Å²) in [6.45, 7) is 3.50. The number of amides is 2. The number of hydrogen-bond acceptors (Lipinski definition) is 3. The molecule has 1 fully saturated rings. The second-order valence-corrected chi connectivity index (χ2v) is 5.69. The quantitative estimate of drug-likeness (QED) is 0.871. The summed E-state index contributed by atoms with van der Waals surface area (Å²) in [7, 11) is 1.43. The number of carbonyl (C=O) groups is 1. The van der Waals surface area contributed by atoms with Crippen LogP contribution in [0.25, 0.3) is 0 Å². The minimum atomic E-state index is -0.392. The average molecular weight is 310 g/mol. The van der Waals surface area contributed by atoms with Crippen molar-refractivity contribution >= 4 is 6.03 Å². The summed E-state index contributed by atoms with van der Waals surface area (Å²) in [4.78, 5) is 13.8. The Hall–Kier alpha value is -1.82. The maximum atomic E-state index is 13.3. The highest BCUT2D eigenvalue weighted by molar-refractivity contribution is 5.74. The van der Waals surface area contributed by atoms with E-state index >= 15 is 0 Å². The predicted molar refractivity (Wildman–Crippen MR) is 81.4 cm³/mol. The number of benzene rings is 1. The Labute approximate surface area is 130 Å². The van der Waals surface area contributed by atoms with Gasteiger partial charge in [0, 0.05) is 25.6 Å². The molecule has 0 radical (unpaired) electrons. The molecule has 22 heavy (non-hydrogen) atoms. The van der Waals surface area contributed by atoms with Crippen molar-refractivity contribution in [2.45, 2.75) is 25.9 Å². The normalized spacial score (nSPS) is 19.1. The van der Waals surface area contributed by atoms with Gasteiger partial charge in [-0.15, -0.1) is 0 Å². The van der Waals surface area contributed by atoms with Crippen molar-refractivity contribution in [1.82, 2.24) is 10.2 Å². The van der Waals surface area contributed by atoms with E-state index in [0.29, 0.717) is 26.1 Å². The van der Waals surface area contributed by atoms with Crippen molar-refractivity contribution in [3.63, 3.8) is 0 Å². The number of methoxy groups -OCH3 is 1. The molecule has 1 heterocycles. The van der Waals surface area contributed by atoms with Gasteiger partial charge < -0.3 is 20.1 Å². The number of hydrogen-bond donors (Lipinski definition) is 2. The summed E-state index contributed by atoms with van der Waals surface area (Å²) in [6, 6.07) is 4.57. The van der Waals surface area contributed by atoms with E-state index in [2.05, 4.69) is 5.32 Å². The lowest BCUT2D eigenvalue weighted by atomic mass is 10.0.